The van der Waals surface area contributed by atoms with Gasteiger partial charge in [0, 0.05) is 32.1 Å². The van der Waals surface area contributed by atoms with Gasteiger partial charge in [0.1, 0.15) is 0 Å². The summed E-state index contributed by atoms with van der Waals surface area (Å²) < 4.78 is 25.7. The van der Waals surface area contributed by atoms with E-state index in [1.807, 2.05) is 0 Å². The summed E-state index contributed by atoms with van der Waals surface area (Å²) in [5.41, 5.74) is 2.92. The van der Waals surface area contributed by atoms with Gasteiger partial charge in [-0.2, -0.15) is 22.5 Å². The Balaban J connectivity index is 2.39. The Bertz CT molecular complexity index is 542. The molecular formula is C10H15N5O3S. The second-order valence-corrected chi connectivity index (χ2v) is 5.66. The van der Waals surface area contributed by atoms with Gasteiger partial charge in [0.25, 0.3) is 16.1 Å². The Morgan fingerprint density at radius 2 is 2.26 bits per heavy atom. The van der Waals surface area contributed by atoms with Crippen LogP contribution in [0.1, 0.15) is 5.56 Å². The monoisotopic (exact) mass is 285 g/mol. The first kappa shape index (κ1) is 15.2. The summed E-state index contributed by atoms with van der Waals surface area (Å²) in [5, 5.41) is 3.67. The number of nitrogens with zero attached hydrogens (tertiary/aromatic N) is 3. The highest BCUT2D eigenvalue weighted by Gasteiger charge is 2.13. The number of aromatic nitrogens is 1. The fourth-order valence-corrected chi connectivity index (χ4v) is 1.53. The Morgan fingerprint density at radius 1 is 1.53 bits per heavy atom. The highest BCUT2D eigenvalue weighted by Crippen LogP contribution is 1.89. The first-order chi connectivity index (χ1) is 8.92. The number of carbonyl (C=O) groups excluding carboxylic acids is 1. The topological polar surface area (TPSA) is 104 Å². The normalized spacial score (nSPS) is 11.9. The smallest absolute Gasteiger partial charge is 0.272 e. The van der Waals surface area contributed by atoms with E-state index < -0.39 is 16.1 Å². The molecule has 0 fully saturated rings. The molecule has 0 saturated heterocycles. The number of hydrogen-bond donors (Lipinski definition) is 2. The lowest BCUT2D eigenvalue weighted by Gasteiger charge is -2.11. The number of nitrogens with one attached hydrogen (secondary N) is 2. The van der Waals surface area contributed by atoms with Crippen LogP contribution in [0, 0.1) is 0 Å². The highest BCUT2D eigenvalue weighted by molar-refractivity contribution is 7.87. The van der Waals surface area contributed by atoms with Crippen LogP contribution in [0.25, 0.3) is 0 Å². The molecular weight excluding hydrogens is 270 g/mol. The van der Waals surface area contributed by atoms with E-state index in [1.54, 1.807) is 24.5 Å². The molecule has 0 aliphatic rings. The van der Waals surface area contributed by atoms with Crippen LogP contribution >= 0.6 is 0 Å². The molecule has 9 heteroatoms. The van der Waals surface area contributed by atoms with Crippen molar-refractivity contribution in [2.75, 3.05) is 20.6 Å². The fraction of sp³-hybridized carbons (Fsp3) is 0.300. The van der Waals surface area contributed by atoms with Gasteiger partial charge in [-0.3, -0.25) is 9.78 Å². The van der Waals surface area contributed by atoms with Crippen LogP contribution in [0.3, 0.4) is 0 Å². The Morgan fingerprint density at radius 3 is 2.84 bits per heavy atom. The zero-order chi connectivity index (χ0) is 14.3. The van der Waals surface area contributed by atoms with Crippen molar-refractivity contribution in [3.63, 3.8) is 0 Å². The summed E-state index contributed by atoms with van der Waals surface area (Å²) in [5.74, 6) is -0.564. The van der Waals surface area contributed by atoms with Crippen LogP contribution in [-0.2, 0) is 15.0 Å². The summed E-state index contributed by atoms with van der Waals surface area (Å²) in [6, 6.07) is 3.49. The zero-order valence-corrected chi connectivity index (χ0v) is 11.4. The highest BCUT2D eigenvalue weighted by atomic mass is 32.2. The van der Waals surface area contributed by atoms with Crippen molar-refractivity contribution in [2.45, 2.75) is 0 Å². The van der Waals surface area contributed by atoms with Gasteiger partial charge >= 0.3 is 0 Å². The minimum absolute atomic E-state index is 0.384. The van der Waals surface area contributed by atoms with Crippen LogP contribution in [0.4, 0.5) is 0 Å². The van der Waals surface area contributed by atoms with Crippen LogP contribution in [0.15, 0.2) is 29.6 Å². The third-order valence-electron chi connectivity index (χ3n) is 1.98. The number of hydrogen-bond acceptors (Lipinski definition) is 5. The van der Waals surface area contributed by atoms with Gasteiger partial charge in [-0.15, -0.1) is 0 Å². The molecule has 0 unspecified atom stereocenters. The predicted octanol–water partition coefficient (Wildman–Crippen LogP) is -1.07. The number of pyridine rings is 1. The van der Waals surface area contributed by atoms with Gasteiger partial charge in [0.15, 0.2) is 0 Å². The molecule has 2 N–H and O–H groups in total. The second kappa shape index (κ2) is 6.92. The Hall–Kier alpha value is -1.84. The largest absolute Gasteiger partial charge is 0.279 e. The molecule has 0 aliphatic heterocycles. The molecule has 0 bridgehead atoms. The molecule has 1 heterocycles. The molecule has 1 amide bonds. The maximum atomic E-state index is 11.3. The molecule has 0 aliphatic carbocycles. The van der Waals surface area contributed by atoms with Crippen molar-refractivity contribution < 1.29 is 13.2 Å². The van der Waals surface area contributed by atoms with Gasteiger partial charge in [-0.25, -0.2) is 5.43 Å². The molecule has 8 nitrogen and oxygen atoms in total. The van der Waals surface area contributed by atoms with Gasteiger partial charge in [0.05, 0.1) is 12.8 Å². The molecule has 104 valence electrons. The van der Waals surface area contributed by atoms with E-state index in [-0.39, 0.29) is 6.54 Å². The molecule has 1 aromatic heterocycles. The van der Waals surface area contributed by atoms with Crippen molar-refractivity contribution >= 4 is 22.3 Å². The second-order valence-electron chi connectivity index (χ2n) is 3.69. The number of amides is 1. The average Bonchev–Trinajstić information content (AvgIpc) is 2.37. The number of rotatable bonds is 6. The van der Waals surface area contributed by atoms with E-state index in [2.05, 4.69) is 20.2 Å². The quantitative estimate of drug-likeness (QED) is 0.513. The minimum atomic E-state index is -3.61. The average molecular weight is 285 g/mol. The van der Waals surface area contributed by atoms with E-state index in [0.717, 1.165) is 9.87 Å². The predicted molar refractivity (Wildman–Crippen MR) is 70.6 cm³/mol. The van der Waals surface area contributed by atoms with Gasteiger partial charge in [0.2, 0.25) is 0 Å². The van der Waals surface area contributed by atoms with Crippen LogP contribution in [0.2, 0.25) is 0 Å². The summed E-state index contributed by atoms with van der Waals surface area (Å²) in [6.07, 6.45) is 4.60. The molecule has 0 aromatic carbocycles. The first-order valence-electron chi connectivity index (χ1n) is 5.31. The van der Waals surface area contributed by atoms with Crippen molar-refractivity contribution in [1.29, 1.82) is 0 Å². The van der Waals surface area contributed by atoms with E-state index >= 15 is 0 Å². The lowest BCUT2D eigenvalue weighted by molar-refractivity contribution is -0.119. The summed E-state index contributed by atoms with van der Waals surface area (Å²) >= 11 is 0. The Kier molecular flexibility index (Phi) is 5.55. The standard InChI is InChI=1S/C10H15N5O3S/c1-15(2)19(17,18)13-8-10(16)14-12-7-9-4-3-5-11-6-9/h3-7,13H,8H2,1-2H3,(H,14,16)/b12-7-. The fourth-order valence-electron chi connectivity index (χ4n) is 0.957. The van der Waals surface area contributed by atoms with Crippen molar-refractivity contribution in [1.82, 2.24) is 19.4 Å². The zero-order valence-electron chi connectivity index (χ0n) is 10.6. The summed E-state index contributed by atoms with van der Waals surface area (Å²) in [7, 11) is -0.886. The lowest BCUT2D eigenvalue weighted by Crippen LogP contribution is -2.41. The van der Waals surface area contributed by atoms with Crippen LogP contribution in [-0.4, -0.2) is 50.5 Å². The van der Waals surface area contributed by atoms with Crippen molar-refractivity contribution in [3.05, 3.63) is 30.1 Å². The molecule has 1 rings (SSSR count). The van der Waals surface area contributed by atoms with Crippen molar-refractivity contribution in [2.24, 2.45) is 5.10 Å². The van der Waals surface area contributed by atoms with E-state index in [9.17, 15) is 13.2 Å². The third-order valence-corrected chi connectivity index (χ3v) is 3.45. The summed E-state index contributed by atoms with van der Waals surface area (Å²) in [4.78, 5) is 15.2. The molecule has 0 atom stereocenters. The number of hydrazone groups is 1. The molecule has 0 spiro atoms. The number of carbonyl (C=O) groups is 1. The van der Waals surface area contributed by atoms with Crippen molar-refractivity contribution in [3.8, 4) is 0 Å². The van der Waals surface area contributed by atoms with Crippen LogP contribution < -0.4 is 10.1 Å². The SMILES string of the molecule is CN(C)S(=O)(=O)NCC(=O)N/N=C\c1cccnc1. The minimum Gasteiger partial charge on any atom is -0.272 e. The lowest BCUT2D eigenvalue weighted by atomic mass is 10.3. The van der Waals surface area contributed by atoms with Gasteiger partial charge in [-0.05, 0) is 6.07 Å². The first-order valence-corrected chi connectivity index (χ1v) is 6.75. The van der Waals surface area contributed by atoms with Gasteiger partial charge < -0.3 is 0 Å². The van der Waals surface area contributed by atoms with E-state index in [0.29, 0.717) is 0 Å². The van der Waals surface area contributed by atoms with Crippen LogP contribution in [0.5, 0.6) is 0 Å². The molecule has 1 aromatic rings. The molecule has 0 radical (unpaired) electrons. The van der Waals surface area contributed by atoms with E-state index in [1.165, 1.54) is 20.3 Å². The summed E-state index contributed by atoms with van der Waals surface area (Å²) in [6.45, 7) is -0.384. The Labute approximate surface area is 111 Å². The maximum absolute atomic E-state index is 11.3. The maximum Gasteiger partial charge on any atom is 0.279 e. The molecule has 19 heavy (non-hydrogen) atoms. The van der Waals surface area contributed by atoms with E-state index in [4.69, 9.17) is 0 Å². The third kappa shape index (κ3) is 5.55. The van der Waals surface area contributed by atoms with Gasteiger partial charge in [-0.1, -0.05) is 6.07 Å². The molecule has 0 saturated carbocycles.